The topological polar surface area (TPSA) is 75.3 Å². The van der Waals surface area contributed by atoms with Crippen molar-refractivity contribution in [2.45, 2.75) is 43.2 Å². The van der Waals surface area contributed by atoms with Crippen molar-refractivity contribution < 1.29 is 13.2 Å². The maximum atomic E-state index is 12.1. The molecular weight excluding hydrogens is 324 g/mol. The molecule has 1 saturated heterocycles. The lowest BCUT2D eigenvalue weighted by atomic mass is 10.0. The van der Waals surface area contributed by atoms with Gasteiger partial charge < -0.3 is 10.6 Å². The molecule has 1 fully saturated rings. The van der Waals surface area contributed by atoms with Gasteiger partial charge >= 0.3 is 0 Å². The zero-order valence-corrected chi connectivity index (χ0v) is 14.5. The number of carbonyl (C=O) groups excluding carboxylic acids is 1. The first-order valence-corrected chi connectivity index (χ1v) is 9.11. The summed E-state index contributed by atoms with van der Waals surface area (Å²) in [6.45, 7) is 2.78. The average molecular weight is 347 g/mol. The third-order valence-corrected chi connectivity index (χ3v) is 4.92. The Balaban J connectivity index is 0.00000242. The fourth-order valence-electron chi connectivity index (χ4n) is 2.48. The highest BCUT2D eigenvalue weighted by Gasteiger charge is 2.22. The minimum atomic E-state index is -3.18. The van der Waals surface area contributed by atoms with Crippen molar-refractivity contribution in [2.24, 2.45) is 0 Å². The van der Waals surface area contributed by atoms with Crippen molar-refractivity contribution in [2.75, 3.05) is 12.8 Å². The Hall–Kier alpha value is -1.11. The summed E-state index contributed by atoms with van der Waals surface area (Å²) in [4.78, 5) is 12.4. The van der Waals surface area contributed by atoms with Crippen LogP contribution in [0.5, 0.6) is 0 Å². The molecule has 1 unspecified atom stereocenters. The van der Waals surface area contributed by atoms with Gasteiger partial charge in [0.25, 0.3) is 0 Å². The Morgan fingerprint density at radius 2 is 1.91 bits per heavy atom. The third-order valence-electron chi connectivity index (χ3n) is 3.79. The van der Waals surface area contributed by atoms with E-state index in [0.717, 1.165) is 31.4 Å². The molecule has 7 heteroatoms. The molecule has 2 N–H and O–H groups in total. The van der Waals surface area contributed by atoms with Gasteiger partial charge in [-0.3, -0.25) is 4.79 Å². The molecule has 0 aliphatic carbocycles. The minimum absolute atomic E-state index is 0. The van der Waals surface area contributed by atoms with E-state index in [1.54, 1.807) is 24.3 Å². The average Bonchev–Trinajstić information content (AvgIpc) is 2.47. The van der Waals surface area contributed by atoms with E-state index < -0.39 is 9.84 Å². The van der Waals surface area contributed by atoms with Crippen LogP contribution in [0, 0.1) is 0 Å². The van der Waals surface area contributed by atoms with Crippen LogP contribution in [0.1, 0.15) is 37.8 Å². The number of hydrogen-bond acceptors (Lipinski definition) is 4. The molecule has 2 rings (SSSR count). The van der Waals surface area contributed by atoms with Gasteiger partial charge in [0.2, 0.25) is 5.91 Å². The van der Waals surface area contributed by atoms with Crippen LogP contribution in [0.15, 0.2) is 29.2 Å². The van der Waals surface area contributed by atoms with E-state index in [0.29, 0.717) is 4.90 Å². The van der Waals surface area contributed by atoms with E-state index in [1.807, 2.05) is 6.92 Å². The van der Waals surface area contributed by atoms with Crippen molar-refractivity contribution in [1.82, 2.24) is 10.6 Å². The van der Waals surface area contributed by atoms with Crippen LogP contribution in [0.2, 0.25) is 0 Å². The van der Waals surface area contributed by atoms with E-state index in [1.165, 1.54) is 6.26 Å². The molecule has 1 aromatic rings. The van der Waals surface area contributed by atoms with Crippen molar-refractivity contribution in [1.29, 1.82) is 0 Å². The first kappa shape index (κ1) is 18.9. The smallest absolute Gasteiger partial charge is 0.237 e. The Morgan fingerprint density at radius 3 is 2.41 bits per heavy atom. The lowest BCUT2D eigenvalue weighted by Crippen LogP contribution is -2.47. The van der Waals surface area contributed by atoms with Gasteiger partial charge in [0.1, 0.15) is 0 Å². The molecule has 0 saturated carbocycles. The van der Waals surface area contributed by atoms with Gasteiger partial charge in [-0.2, -0.15) is 0 Å². The van der Waals surface area contributed by atoms with Crippen LogP contribution in [0.3, 0.4) is 0 Å². The monoisotopic (exact) mass is 346 g/mol. The van der Waals surface area contributed by atoms with Crippen LogP contribution in [0.4, 0.5) is 0 Å². The summed E-state index contributed by atoms with van der Waals surface area (Å²) in [5.74, 6) is 0.00869. The predicted molar refractivity (Wildman–Crippen MR) is 89.0 cm³/mol. The van der Waals surface area contributed by atoms with E-state index >= 15 is 0 Å². The van der Waals surface area contributed by atoms with Crippen molar-refractivity contribution in [3.05, 3.63) is 29.8 Å². The van der Waals surface area contributed by atoms with E-state index in [-0.39, 0.29) is 30.4 Å². The van der Waals surface area contributed by atoms with Crippen LogP contribution in [0.25, 0.3) is 0 Å². The molecule has 1 heterocycles. The molecule has 0 radical (unpaired) electrons. The van der Waals surface area contributed by atoms with Crippen LogP contribution >= 0.6 is 12.4 Å². The van der Waals surface area contributed by atoms with Gasteiger partial charge in [0, 0.05) is 6.26 Å². The molecule has 1 aliphatic rings. The summed E-state index contributed by atoms with van der Waals surface area (Å²) in [6.07, 6.45) is 4.24. The van der Waals surface area contributed by atoms with Gasteiger partial charge in [-0.15, -0.1) is 12.4 Å². The van der Waals surface area contributed by atoms with Gasteiger partial charge in [0.05, 0.1) is 17.0 Å². The van der Waals surface area contributed by atoms with Crippen molar-refractivity contribution in [3.8, 4) is 0 Å². The fourth-order valence-corrected chi connectivity index (χ4v) is 3.11. The second-order valence-corrected chi connectivity index (χ2v) is 7.59. The first-order valence-electron chi connectivity index (χ1n) is 7.22. The number of benzene rings is 1. The summed E-state index contributed by atoms with van der Waals surface area (Å²) in [6, 6.07) is 6.38. The second-order valence-electron chi connectivity index (χ2n) is 5.57. The number of nitrogens with one attached hydrogen (secondary N) is 2. The molecule has 0 aromatic heterocycles. The van der Waals surface area contributed by atoms with Gasteiger partial charge in [-0.25, -0.2) is 8.42 Å². The fraction of sp³-hybridized carbons (Fsp3) is 0.533. The summed E-state index contributed by atoms with van der Waals surface area (Å²) in [5.41, 5.74) is 0.895. The Labute approximate surface area is 138 Å². The summed E-state index contributed by atoms with van der Waals surface area (Å²) < 4.78 is 22.8. The summed E-state index contributed by atoms with van der Waals surface area (Å²) in [7, 11) is -3.18. The van der Waals surface area contributed by atoms with Gasteiger partial charge in [-0.05, 0) is 44.0 Å². The largest absolute Gasteiger partial charge is 0.348 e. The minimum Gasteiger partial charge on any atom is -0.348 e. The zero-order chi connectivity index (χ0) is 15.5. The molecule has 2 atom stereocenters. The molecular formula is C15H23ClN2O3S. The predicted octanol–water partition coefficient (Wildman–Crippen LogP) is 1.83. The first-order chi connectivity index (χ1) is 9.88. The molecule has 0 spiro atoms. The van der Waals surface area contributed by atoms with Crippen LogP contribution in [-0.4, -0.2) is 33.2 Å². The maximum Gasteiger partial charge on any atom is 0.237 e. The zero-order valence-electron chi connectivity index (χ0n) is 12.8. The highest BCUT2D eigenvalue weighted by atomic mass is 35.5. The number of hydrogen-bond donors (Lipinski definition) is 2. The molecule has 1 aliphatic heterocycles. The standard InChI is InChI=1S/C15H22N2O3S.ClH/c1-11(17-15(18)14-5-3-4-10-16-14)12-6-8-13(9-7-12)21(2,19)20;/h6-9,11,14,16H,3-5,10H2,1-2H3,(H,17,18);1H/t11?,14-;/m0./s1. The Morgan fingerprint density at radius 1 is 1.27 bits per heavy atom. The molecule has 5 nitrogen and oxygen atoms in total. The third kappa shape index (κ3) is 4.97. The Bertz CT molecular complexity index is 596. The highest BCUT2D eigenvalue weighted by Crippen LogP contribution is 2.17. The molecule has 0 bridgehead atoms. The lowest BCUT2D eigenvalue weighted by molar-refractivity contribution is -0.124. The van der Waals surface area contributed by atoms with Gasteiger partial charge in [-0.1, -0.05) is 18.6 Å². The van der Waals surface area contributed by atoms with Crippen LogP contribution < -0.4 is 10.6 Å². The number of sulfone groups is 1. The molecule has 22 heavy (non-hydrogen) atoms. The van der Waals surface area contributed by atoms with Crippen molar-refractivity contribution >= 4 is 28.2 Å². The Kier molecular flexibility index (Phi) is 6.84. The second kappa shape index (κ2) is 7.94. The van der Waals surface area contributed by atoms with Crippen molar-refractivity contribution in [3.63, 3.8) is 0 Å². The molecule has 124 valence electrons. The molecule has 1 aromatic carbocycles. The quantitative estimate of drug-likeness (QED) is 0.872. The van der Waals surface area contributed by atoms with E-state index in [4.69, 9.17) is 0 Å². The van der Waals surface area contributed by atoms with Gasteiger partial charge in [0.15, 0.2) is 9.84 Å². The highest BCUT2D eigenvalue weighted by molar-refractivity contribution is 7.90. The normalized spacial score (nSPS) is 19.8. The summed E-state index contributed by atoms with van der Waals surface area (Å²) in [5, 5.41) is 6.19. The number of rotatable bonds is 4. The molecule has 1 amide bonds. The lowest BCUT2D eigenvalue weighted by Gasteiger charge is -2.24. The van der Waals surface area contributed by atoms with Crippen LogP contribution in [-0.2, 0) is 14.6 Å². The number of amides is 1. The van der Waals surface area contributed by atoms with E-state index in [9.17, 15) is 13.2 Å². The summed E-state index contributed by atoms with van der Waals surface area (Å²) >= 11 is 0. The number of halogens is 1. The maximum absolute atomic E-state index is 12.1. The van der Waals surface area contributed by atoms with E-state index in [2.05, 4.69) is 10.6 Å². The number of piperidine rings is 1. The SMILES string of the molecule is CC(NC(=O)[C@@H]1CCCCN1)c1ccc(S(C)(=O)=O)cc1.Cl. The number of carbonyl (C=O) groups is 1.